The Hall–Kier alpha value is -2.80. The molecule has 0 atom stereocenters. The van der Waals surface area contributed by atoms with E-state index in [0.717, 1.165) is 21.4 Å². The van der Waals surface area contributed by atoms with E-state index < -0.39 is 0 Å². The average molecular weight is 428 g/mol. The third-order valence-electron chi connectivity index (χ3n) is 4.45. The predicted molar refractivity (Wildman–Crippen MR) is 105 cm³/mol. The molecule has 0 fully saturated rings. The molecule has 1 aromatic heterocycles. The van der Waals surface area contributed by atoms with Crippen LogP contribution in [0.4, 0.5) is 5.69 Å². The maximum absolute atomic E-state index is 12.6. The molecule has 0 spiro atoms. The lowest BCUT2D eigenvalue weighted by atomic mass is 10.1. The number of fused-ring (bicyclic) bond motifs is 1. The Labute approximate surface area is 165 Å². The van der Waals surface area contributed by atoms with Crippen LogP contribution in [0.5, 0.6) is 11.5 Å². The van der Waals surface area contributed by atoms with Gasteiger partial charge in [-0.3, -0.25) is 9.48 Å². The Morgan fingerprint density at radius 3 is 2.78 bits per heavy atom. The molecule has 0 saturated heterocycles. The van der Waals surface area contributed by atoms with Gasteiger partial charge in [0.1, 0.15) is 0 Å². The second kappa shape index (κ2) is 7.08. The Balaban J connectivity index is 1.51. The molecule has 1 amide bonds. The summed E-state index contributed by atoms with van der Waals surface area (Å²) in [6.45, 7) is 4.78. The number of benzene rings is 2. The van der Waals surface area contributed by atoms with E-state index in [1.54, 1.807) is 24.3 Å². The molecular formula is C20H18BrN3O3. The van der Waals surface area contributed by atoms with Gasteiger partial charge in [0.15, 0.2) is 11.5 Å². The molecule has 1 N–H and O–H groups in total. The van der Waals surface area contributed by atoms with Crippen molar-refractivity contribution in [3.63, 3.8) is 0 Å². The highest BCUT2D eigenvalue weighted by atomic mass is 79.9. The summed E-state index contributed by atoms with van der Waals surface area (Å²) >= 11 is 3.54. The van der Waals surface area contributed by atoms with Gasteiger partial charge in [0.2, 0.25) is 6.79 Å². The van der Waals surface area contributed by atoms with E-state index in [9.17, 15) is 4.79 Å². The summed E-state index contributed by atoms with van der Waals surface area (Å²) in [4.78, 5) is 12.6. The molecule has 0 saturated carbocycles. The van der Waals surface area contributed by atoms with Crippen LogP contribution in [-0.2, 0) is 6.54 Å². The molecule has 0 bridgehead atoms. The summed E-state index contributed by atoms with van der Waals surface area (Å²) in [6, 6.07) is 12.9. The molecule has 1 aliphatic heterocycles. The Kier molecular flexibility index (Phi) is 4.61. The van der Waals surface area contributed by atoms with Crippen molar-refractivity contribution in [3.8, 4) is 11.5 Å². The zero-order chi connectivity index (χ0) is 19.0. The number of ether oxygens (including phenoxy) is 2. The van der Waals surface area contributed by atoms with Gasteiger partial charge in [-0.15, -0.1) is 0 Å². The Bertz CT molecular complexity index is 1030. The molecule has 0 unspecified atom stereocenters. The van der Waals surface area contributed by atoms with Crippen LogP contribution in [0.3, 0.4) is 0 Å². The van der Waals surface area contributed by atoms with Crippen molar-refractivity contribution in [1.29, 1.82) is 0 Å². The number of nitrogens with one attached hydrogen (secondary N) is 1. The molecule has 0 aliphatic carbocycles. The molecule has 27 heavy (non-hydrogen) atoms. The quantitative estimate of drug-likeness (QED) is 0.674. The van der Waals surface area contributed by atoms with Gasteiger partial charge in [0, 0.05) is 17.3 Å². The summed E-state index contributed by atoms with van der Waals surface area (Å²) in [5, 5.41) is 7.42. The highest BCUT2D eigenvalue weighted by Crippen LogP contribution is 2.34. The predicted octanol–water partition coefficient (Wildman–Crippen LogP) is 4.29. The van der Waals surface area contributed by atoms with E-state index in [4.69, 9.17) is 9.47 Å². The van der Waals surface area contributed by atoms with Gasteiger partial charge in [-0.2, -0.15) is 5.10 Å². The van der Waals surface area contributed by atoms with E-state index in [1.807, 2.05) is 36.7 Å². The Morgan fingerprint density at radius 2 is 2.00 bits per heavy atom. The smallest absolute Gasteiger partial charge is 0.255 e. The number of hydrogen-bond acceptors (Lipinski definition) is 4. The van der Waals surface area contributed by atoms with Crippen molar-refractivity contribution in [3.05, 3.63) is 69.5 Å². The molecule has 2 heterocycles. The number of anilines is 1. The molecule has 2 aromatic carbocycles. The molecule has 3 aromatic rings. The first-order chi connectivity index (χ1) is 13.0. The first-order valence-corrected chi connectivity index (χ1v) is 9.30. The number of halogens is 1. The summed E-state index contributed by atoms with van der Waals surface area (Å²) in [7, 11) is 0. The minimum atomic E-state index is -0.176. The maximum Gasteiger partial charge on any atom is 0.255 e. The van der Waals surface area contributed by atoms with E-state index in [1.165, 1.54) is 0 Å². The second-order valence-corrected chi connectivity index (χ2v) is 7.16. The molecule has 6 nitrogen and oxygen atoms in total. The van der Waals surface area contributed by atoms with E-state index in [2.05, 4.69) is 26.3 Å². The molecule has 1 aliphatic rings. The van der Waals surface area contributed by atoms with Gasteiger partial charge in [-0.25, -0.2) is 0 Å². The number of amides is 1. The van der Waals surface area contributed by atoms with Crippen LogP contribution in [0.25, 0.3) is 0 Å². The van der Waals surface area contributed by atoms with Gasteiger partial charge in [-0.05, 0) is 59.6 Å². The van der Waals surface area contributed by atoms with Gasteiger partial charge in [0.05, 0.1) is 22.4 Å². The lowest BCUT2D eigenvalue weighted by molar-refractivity contribution is 0.102. The zero-order valence-electron chi connectivity index (χ0n) is 15.0. The first-order valence-electron chi connectivity index (χ1n) is 8.51. The van der Waals surface area contributed by atoms with Crippen LogP contribution in [0, 0.1) is 13.8 Å². The SMILES string of the molecule is Cc1nn(Cc2cccc(C(=O)Nc3ccc4c(c3)OCO4)c2)c(C)c1Br. The van der Waals surface area contributed by atoms with Gasteiger partial charge in [0.25, 0.3) is 5.91 Å². The summed E-state index contributed by atoms with van der Waals surface area (Å²) in [5.74, 6) is 1.15. The fourth-order valence-corrected chi connectivity index (χ4v) is 3.27. The van der Waals surface area contributed by atoms with Crippen LogP contribution < -0.4 is 14.8 Å². The first kappa shape index (κ1) is 17.6. The average Bonchev–Trinajstić information content (AvgIpc) is 3.22. The fraction of sp³-hybridized carbons (Fsp3) is 0.200. The van der Waals surface area contributed by atoms with Crippen LogP contribution >= 0.6 is 15.9 Å². The molecule has 0 radical (unpaired) electrons. The lowest BCUT2D eigenvalue weighted by Gasteiger charge is -2.09. The molecule has 138 valence electrons. The minimum absolute atomic E-state index is 0.176. The number of aryl methyl sites for hydroxylation is 1. The number of aromatic nitrogens is 2. The number of rotatable bonds is 4. The topological polar surface area (TPSA) is 65.4 Å². The van der Waals surface area contributed by atoms with Crippen molar-refractivity contribution in [2.75, 3.05) is 12.1 Å². The Morgan fingerprint density at radius 1 is 1.19 bits per heavy atom. The third kappa shape index (κ3) is 3.55. The lowest BCUT2D eigenvalue weighted by Crippen LogP contribution is -2.12. The summed E-state index contributed by atoms with van der Waals surface area (Å²) in [5.41, 5.74) is 4.27. The van der Waals surface area contributed by atoms with Gasteiger partial charge < -0.3 is 14.8 Å². The van der Waals surface area contributed by atoms with Crippen LogP contribution in [0.15, 0.2) is 46.9 Å². The molecular weight excluding hydrogens is 410 g/mol. The van der Waals surface area contributed by atoms with Crippen molar-refractivity contribution in [2.45, 2.75) is 20.4 Å². The fourth-order valence-electron chi connectivity index (χ4n) is 2.99. The number of carbonyl (C=O) groups excluding carboxylic acids is 1. The number of hydrogen-bond donors (Lipinski definition) is 1. The van der Waals surface area contributed by atoms with Crippen LogP contribution in [0.1, 0.15) is 27.3 Å². The van der Waals surface area contributed by atoms with E-state index in [-0.39, 0.29) is 12.7 Å². The van der Waals surface area contributed by atoms with Crippen LogP contribution in [-0.4, -0.2) is 22.5 Å². The molecule has 7 heteroatoms. The highest BCUT2D eigenvalue weighted by molar-refractivity contribution is 9.10. The summed E-state index contributed by atoms with van der Waals surface area (Å²) < 4.78 is 13.6. The standard InChI is InChI=1S/C20H18BrN3O3/c1-12-19(21)13(2)24(23-12)10-14-4-3-5-15(8-14)20(25)22-16-6-7-17-18(9-16)27-11-26-17/h3-9H,10-11H2,1-2H3,(H,22,25). The zero-order valence-corrected chi connectivity index (χ0v) is 16.5. The highest BCUT2D eigenvalue weighted by Gasteiger charge is 2.15. The summed E-state index contributed by atoms with van der Waals surface area (Å²) in [6.07, 6.45) is 0. The van der Waals surface area contributed by atoms with E-state index >= 15 is 0 Å². The van der Waals surface area contributed by atoms with E-state index in [0.29, 0.717) is 29.3 Å². The van der Waals surface area contributed by atoms with Gasteiger partial charge in [-0.1, -0.05) is 12.1 Å². The largest absolute Gasteiger partial charge is 0.454 e. The third-order valence-corrected chi connectivity index (χ3v) is 5.59. The minimum Gasteiger partial charge on any atom is -0.454 e. The maximum atomic E-state index is 12.6. The van der Waals surface area contributed by atoms with Crippen molar-refractivity contribution >= 4 is 27.5 Å². The number of carbonyl (C=O) groups is 1. The van der Waals surface area contributed by atoms with Crippen molar-refractivity contribution < 1.29 is 14.3 Å². The van der Waals surface area contributed by atoms with Crippen LogP contribution in [0.2, 0.25) is 0 Å². The van der Waals surface area contributed by atoms with Gasteiger partial charge >= 0.3 is 0 Å². The number of nitrogens with zero attached hydrogens (tertiary/aromatic N) is 2. The van der Waals surface area contributed by atoms with Crippen molar-refractivity contribution in [2.24, 2.45) is 0 Å². The molecule has 4 rings (SSSR count). The second-order valence-electron chi connectivity index (χ2n) is 6.36. The monoisotopic (exact) mass is 427 g/mol. The van der Waals surface area contributed by atoms with Crippen molar-refractivity contribution in [1.82, 2.24) is 9.78 Å². The normalized spacial score (nSPS) is 12.3.